The van der Waals surface area contributed by atoms with Crippen LogP contribution in [-0.4, -0.2) is 45.0 Å². The topological polar surface area (TPSA) is 67.4 Å². The third-order valence-electron chi connectivity index (χ3n) is 3.67. The molecule has 0 fully saturated rings. The average Bonchev–Trinajstić information content (AvgIpc) is 2.66. The Labute approximate surface area is 162 Å². The van der Waals surface area contributed by atoms with E-state index in [9.17, 15) is 9.59 Å². The first-order valence-electron chi connectivity index (χ1n) is 8.11. The summed E-state index contributed by atoms with van der Waals surface area (Å²) >= 11 is 11.9. The molecule has 5 nitrogen and oxygen atoms in total. The molecule has 0 aliphatic heterocycles. The van der Waals surface area contributed by atoms with Crippen molar-refractivity contribution in [2.24, 2.45) is 0 Å². The van der Waals surface area contributed by atoms with Crippen LogP contribution in [0.25, 0.3) is 0 Å². The molecule has 0 aromatic heterocycles. The van der Waals surface area contributed by atoms with Crippen molar-refractivity contribution in [1.82, 2.24) is 10.6 Å². The molecule has 0 saturated carbocycles. The third kappa shape index (κ3) is 5.54. The van der Waals surface area contributed by atoms with Crippen molar-refractivity contribution >= 4 is 34.9 Å². The summed E-state index contributed by atoms with van der Waals surface area (Å²) in [4.78, 5) is 25.2. The van der Waals surface area contributed by atoms with E-state index >= 15 is 0 Å². The van der Waals surface area contributed by atoms with Crippen LogP contribution >= 0.6 is 23.2 Å². The van der Waals surface area contributed by atoms with Gasteiger partial charge in [0.15, 0.2) is 5.78 Å². The molecule has 1 amide bonds. The van der Waals surface area contributed by atoms with Crippen molar-refractivity contribution in [3.8, 4) is 0 Å². The van der Waals surface area contributed by atoms with Crippen molar-refractivity contribution in [1.29, 1.82) is 0 Å². The quantitative estimate of drug-likeness (QED) is 0.506. The zero-order valence-electron chi connectivity index (χ0n) is 14.4. The molecule has 0 bridgehead atoms. The lowest BCUT2D eigenvalue weighted by Crippen LogP contribution is -2.33. The third-order valence-corrected chi connectivity index (χ3v) is 4.41. The van der Waals surface area contributed by atoms with Crippen molar-refractivity contribution < 1.29 is 14.3 Å². The summed E-state index contributed by atoms with van der Waals surface area (Å²) in [5, 5.41) is 6.60. The highest BCUT2D eigenvalue weighted by molar-refractivity contribution is 6.42. The molecule has 138 valence electrons. The van der Waals surface area contributed by atoms with Gasteiger partial charge in [0.05, 0.1) is 22.2 Å². The molecule has 0 aliphatic carbocycles. The highest BCUT2D eigenvalue weighted by Gasteiger charge is 2.18. The number of hydrogen-bond donors (Lipinski definition) is 2. The molecule has 2 aromatic rings. The van der Waals surface area contributed by atoms with E-state index in [0.29, 0.717) is 53.0 Å². The number of methoxy groups -OCH3 is 1. The van der Waals surface area contributed by atoms with Crippen LogP contribution in [0.1, 0.15) is 26.3 Å². The number of amides is 1. The first-order chi connectivity index (χ1) is 12.5. The van der Waals surface area contributed by atoms with Crippen LogP contribution in [0.5, 0.6) is 0 Å². The number of rotatable bonds is 9. The summed E-state index contributed by atoms with van der Waals surface area (Å²) in [6, 6.07) is 11.3. The Balaban J connectivity index is 2.07. The molecule has 0 unspecified atom stereocenters. The minimum absolute atomic E-state index is 0.285. The van der Waals surface area contributed by atoms with Gasteiger partial charge < -0.3 is 15.4 Å². The number of nitrogens with one attached hydrogen (secondary N) is 2. The second-order valence-electron chi connectivity index (χ2n) is 5.50. The lowest BCUT2D eigenvalue weighted by molar-refractivity contribution is 0.0942. The summed E-state index contributed by atoms with van der Waals surface area (Å²) in [6.07, 6.45) is 0. The summed E-state index contributed by atoms with van der Waals surface area (Å²) in [5.74, 6) is -0.588. The Kier molecular flexibility index (Phi) is 8.06. The highest BCUT2D eigenvalue weighted by atomic mass is 35.5. The van der Waals surface area contributed by atoms with Crippen LogP contribution < -0.4 is 10.6 Å². The molecular weight excluding hydrogens is 375 g/mol. The maximum Gasteiger partial charge on any atom is 0.252 e. The number of ketones is 1. The molecule has 26 heavy (non-hydrogen) atoms. The molecule has 0 atom stereocenters. The number of halogens is 2. The monoisotopic (exact) mass is 394 g/mol. The predicted molar refractivity (Wildman–Crippen MR) is 103 cm³/mol. The van der Waals surface area contributed by atoms with E-state index < -0.39 is 0 Å². The number of benzene rings is 2. The Bertz CT molecular complexity index is 781. The second-order valence-corrected chi connectivity index (χ2v) is 6.32. The van der Waals surface area contributed by atoms with E-state index in [0.717, 1.165) is 0 Å². The van der Waals surface area contributed by atoms with Gasteiger partial charge in [0, 0.05) is 37.9 Å². The minimum atomic E-state index is -0.303. The fourth-order valence-electron chi connectivity index (χ4n) is 2.33. The smallest absolute Gasteiger partial charge is 0.252 e. The zero-order chi connectivity index (χ0) is 18.9. The Hall–Kier alpha value is -1.92. The summed E-state index contributed by atoms with van der Waals surface area (Å²) < 4.78 is 4.93. The second kappa shape index (κ2) is 10.3. The van der Waals surface area contributed by atoms with Gasteiger partial charge in [-0.1, -0.05) is 41.4 Å². The van der Waals surface area contributed by atoms with Crippen LogP contribution in [0.15, 0.2) is 42.5 Å². The molecule has 7 heteroatoms. The van der Waals surface area contributed by atoms with Gasteiger partial charge in [0.1, 0.15) is 0 Å². The Morgan fingerprint density at radius 1 is 0.962 bits per heavy atom. The Morgan fingerprint density at radius 3 is 2.38 bits per heavy atom. The van der Waals surface area contributed by atoms with Crippen molar-refractivity contribution in [2.45, 2.75) is 0 Å². The van der Waals surface area contributed by atoms with Gasteiger partial charge >= 0.3 is 0 Å². The largest absolute Gasteiger partial charge is 0.383 e. The van der Waals surface area contributed by atoms with Gasteiger partial charge in [-0.05, 0) is 24.3 Å². The average molecular weight is 395 g/mol. The summed E-state index contributed by atoms with van der Waals surface area (Å²) in [6.45, 7) is 2.36. The number of carbonyl (C=O) groups is 2. The molecule has 2 N–H and O–H groups in total. The van der Waals surface area contributed by atoms with Crippen LogP contribution in [0.3, 0.4) is 0 Å². The van der Waals surface area contributed by atoms with Crippen LogP contribution in [0.2, 0.25) is 10.0 Å². The predicted octanol–water partition coefficient (Wildman–Crippen LogP) is 3.19. The number of carbonyl (C=O) groups excluding carboxylic acids is 2. The van der Waals surface area contributed by atoms with Gasteiger partial charge in [-0.25, -0.2) is 0 Å². The SMILES string of the molecule is COCCNCCNC(=O)c1ccccc1C(=O)c1ccc(Cl)c(Cl)c1. The standard InChI is InChI=1S/C19H20Cl2N2O3/c1-26-11-10-22-8-9-23-19(25)15-5-3-2-4-14(15)18(24)13-6-7-16(20)17(21)12-13/h2-7,12,22H,8-11H2,1H3,(H,23,25). The normalized spacial score (nSPS) is 10.6. The van der Waals surface area contributed by atoms with E-state index in [1.807, 2.05) is 0 Å². The van der Waals surface area contributed by atoms with Gasteiger partial charge in [-0.15, -0.1) is 0 Å². The molecule has 0 radical (unpaired) electrons. The fraction of sp³-hybridized carbons (Fsp3) is 0.263. The summed E-state index contributed by atoms with van der Waals surface area (Å²) in [7, 11) is 1.63. The zero-order valence-corrected chi connectivity index (χ0v) is 15.9. The van der Waals surface area contributed by atoms with E-state index in [4.69, 9.17) is 27.9 Å². The molecule has 0 saturated heterocycles. The number of ether oxygens (including phenoxy) is 1. The van der Waals surface area contributed by atoms with Gasteiger partial charge in [-0.2, -0.15) is 0 Å². The first kappa shape index (κ1) is 20.4. The molecule has 0 aliphatic rings. The highest BCUT2D eigenvalue weighted by Crippen LogP contribution is 2.24. The van der Waals surface area contributed by atoms with Crippen molar-refractivity contribution in [3.63, 3.8) is 0 Å². The first-order valence-corrected chi connectivity index (χ1v) is 8.87. The van der Waals surface area contributed by atoms with E-state index in [2.05, 4.69) is 10.6 Å². The lowest BCUT2D eigenvalue weighted by Gasteiger charge is -2.10. The molecule has 2 rings (SSSR count). The number of hydrogen-bond acceptors (Lipinski definition) is 4. The maximum absolute atomic E-state index is 12.8. The van der Waals surface area contributed by atoms with E-state index in [1.54, 1.807) is 43.5 Å². The van der Waals surface area contributed by atoms with E-state index in [-0.39, 0.29) is 11.7 Å². The van der Waals surface area contributed by atoms with Crippen molar-refractivity contribution in [3.05, 3.63) is 69.2 Å². The summed E-state index contributed by atoms with van der Waals surface area (Å²) in [5.41, 5.74) is 1.01. The van der Waals surface area contributed by atoms with Crippen LogP contribution in [-0.2, 0) is 4.74 Å². The Morgan fingerprint density at radius 2 is 1.69 bits per heavy atom. The lowest BCUT2D eigenvalue weighted by atomic mass is 9.98. The van der Waals surface area contributed by atoms with E-state index in [1.165, 1.54) is 6.07 Å². The minimum Gasteiger partial charge on any atom is -0.383 e. The van der Waals surface area contributed by atoms with Crippen LogP contribution in [0, 0.1) is 0 Å². The molecule has 0 spiro atoms. The molecule has 2 aromatic carbocycles. The molecular formula is C19H20Cl2N2O3. The molecule has 0 heterocycles. The van der Waals surface area contributed by atoms with Crippen LogP contribution in [0.4, 0.5) is 0 Å². The van der Waals surface area contributed by atoms with Gasteiger partial charge in [0.25, 0.3) is 5.91 Å². The van der Waals surface area contributed by atoms with Gasteiger partial charge in [-0.3, -0.25) is 9.59 Å². The van der Waals surface area contributed by atoms with Crippen molar-refractivity contribution in [2.75, 3.05) is 33.4 Å². The maximum atomic E-state index is 12.8. The fourth-order valence-corrected chi connectivity index (χ4v) is 2.63. The van der Waals surface area contributed by atoms with Gasteiger partial charge in [0.2, 0.25) is 0 Å².